The van der Waals surface area contributed by atoms with Gasteiger partial charge in [-0.05, 0) is 72.9 Å². The van der Waals surface area contributed by atoms with Crippen LogP contribution in [0.25, 0.3) is 0 Å². The molecule has 1 fully saturated rings. The van der Waals surface area contributed by atoms with Crippen molar-refractivity contribution >= 4 is 128 Å². The van der Waals surface area contributed by atoms with Crippen LogP contribution in [0.5, 0.6) is 5.88 Å². The van der Waals surface area contributed by atoms with Gasteiger partial charge in [-0.1, -0.05) is 6.92 Å². The van der Waals surface area contributed by atoms with Crippen molar-refractivity contribution in [3.8, 4) is 5.88 Å². The van der Waals surface area contributed by atoms with E-state index in [0.717, 1.165) is 33.7 Å². The molecule has 0 aliphatic carbocycles. The summed E-state index contributed by atoms with van der Waals surface area (Å²) in [6.07, 6.45) is -5.86. The summed E-state index contributed by atoms with van der Waals surface area (Å²) in [6.45, 7) is 8.14. The van der Waals surface area contributed by atoms with E-state index in [-0.39, 0.29) is 57.8 Å². The third-order valence-corrected chi connectivity index (χ3v) is 25.4. The number of hydrogen-bond donors (Lipinski definition) is 2. The normalized spacial score (nSPS) is 18.9. The van der Waals surface area contributed by atoms with Gasteiger partial charge in [0.1, 0.15) is 23.4 Å². The number of nitrogens with zero attached hydrogens (tertiary/aromatic N) is 6. The number of carbonyl (C=O) groups excluding carboxylic acids is 8. The molecule has 3 aliphatic rings. The summed E-state index contributed by atoms with van der Waals surface area (Å²) in [5.74, 6) is -5.59. The van der Waals surface area contributed by atoms with Crippen LogP contribution in [0, 0.1) is 0 Å². The summed E-state index contributed by atoms with van der Waals surface area (Å²) in [5, 5.41) is 8.58. The zero-order valence-electron chi connectivity index (χ0n) is 49.9. The van der Waals surface area contributed by atoms with E-state index in [1.165, 1.54) is 11.8 Å². The fraction of sp³-hybridized carbons (Fsp3) is 0.640. The van der Waals surface area contributed by atoms with Crippen LogP contribution in [-0.2, 0) is 106 Å². The summed E-state index contributed by atoms with van der Waals surface area (Å²) >= 11 is 1.80. The first kappa shape index (κ1) is 72.7. The number of nitrogens with two attached hydrogens (primary N) is 2. The Bertz CT molecular complexity index is 3600. The van der Waals surface area contributed by atoms with Crippen LogP contribution in [0.4, 0.5) is 15.4 Å². The number of esters is 5. The van der Waals surface area contributed by atoms with E-state index in [1.807, 2.05) is 4.90 Å². The summed E-state index contributed by atoms with van der Waals surface area (Å²) in [6, 6.07) is 0.319. The van der Waals surface area contributed by atoms with Crippen LogP contribution < -0.4 is 19.9 Å². The first-order valence-electron chi connectivity index (χ1n) is 27.7. The number of carbonyl (C=O) groups is 8. The molecule has 0 saturated carbocycles. The Balaban J connectivity index is 0.982. The van der Waals surface area contributed by atoms with Crippen molar-refractivity contribution in [3.05, 3.63) is 23.3 Å². The largest absolute Gasteiger partial charge is 0.470 e. The van der Waals surface area contributed by atoms with Crippen molar-refractivity contribution in [2.75, 3.05) is 84.2 Å². The van der Waals surface area contributed by atoms with E-state index >= 15 is 0 Å². The highest BCUT2D eigenvalue weighted by molar-refractivity contribution is 7.96. The van der Waals surface area contributed by atoms with Crippen LogP contribution in [0.3, 0.4) is 0 Å². The van der Waals surface area contributed by atoms with Crippen LogP contribution in [0.15, 0.2) is 29.0 Å². The second kappa shape index (κ2) is 30.8. The van der Waals surface area contributed by atoms with Gasteiger partial charge >= 0.3 is 42.0 Å². The first-order chi connectivity index (χ1) is 42.1. The lowest BCUT2D eigenvalue weighted by molar-refractivity contribution is -0.167. The van der Waals surface area contributed by atoms with Gasteiger partial charge in [0.25, 0.3) is 11.8 Å². The molecule has 3 aliphatic heterocycles. The Hall–Kier alpha value is -6.40. The Morgan fingerprint density at radius 2 is 1.17 bits per heavy atom. The third-order valence-electron chi connectivity index (χ3n) is 14.1. The Kier molecular flexibility index (Phi) is 24.9. The number of aromatic nitrogens is 2. The van der Waals surface area contributed by atoms with Gasteiger partial charge in [-0.15, -0.1) is 27.0 Å². The molecular weight excluding hydrogens is 1340 g/mol. The van der Waals surface area contributed by atoms with Gasteiger partial charge in [-0.25, -0.2) is 58.3 Å². The number of anilines is 1. The molecule has 3 aromatic rings. The highest BCUT2D eigenvalue weighted by Crippen LogP contribution is 2.47. The summed E-state index contributed by atoms with van der Waals surface area (Å²) in [4.78, 5) is 110. The number of morpholine rings is 1. The summed E-state index contributed by atoms with van der Waals surface area (Å²) in [5.41, 5.74) is -0.966. The molecule has 33 nitrogen and oxygen atoms in total. The fourth-order valence-corrected chi connectivity index (χ4v) is 19.1. The van der Waals surface area contributed by atoms with E-state index in [1.54, 1.807) is 41.5 Å². The van der Waals surface area contributed by atoms with Gasteiger partial charge in [0, 0.05) is 42.8 Å². The standard InChI is InChI=1S/C50H70N8O25S7/c1-8-31-20-35(33-22-43(90(52,73)74)85-47(33)88(31,69)70)57(10-3)49(66)82-28-80-39(62)13-11-37(60)76-25-36(59)58(50(5,6)7)23-30(24-78-45-44(53-86-54-45)55-15-17-75-18-16-55)83-41(64)26-77-38(61)12-14-40(63)79-27-81-48(65)56(9-2)34-19-29(4)87(67,68)46-32(34)21-42(84-46)89(51,71)72/h21-22,29-31,34-35H,8-20,23-28H2,1-7H3,(H2,51,71,72)(H2,52,73,74)/t29-,30-,31-,34-,35-/m0/s1. The predicted molar refractivity (Wildman–Crippen MR) is 314 cm³/mol. The molecule has 0 spiro atoms. The van der Waals surface area contributed by atoms with E-state index in [2.05, 4.69) is 8.75 Å². The first-order valence-corrected chi connectivity index (χ1v) is 36.2. The molecule has 6 heterocycles. The van der Waals surface area contributed by atoms with Crippen LogP contribution in [0.2, 0.25) is 0 Å². The number of amides is 3. The van der Waals surface area contributed by atoms with Gasteiger partial charge < -0.3 is 62.2 Å². The molecule has 4 N–H and O–H groups in total. The molecule has 3 aromatic heterocycles. The average Bonchev–Trinajstić information content (AvgIpc) is 1.56. The molecule has 3 amide bonds. The number of sulfonamides is 2. The number of hydrogen-bond acceptors (Lipinski definition) is 31. The number of rotatable bonds is 28. The lowest BCUT2D eigenvalue weighted by Gasteiger charge is -2.37. The molecule has 90 heavy (non-hydrogen) atoms. The molecule has 40 heteroatoms. The number of thiophene rings is 2. The molecule has 0 radical (unpaired) electrons. The highest BCUT2D eigenvalue weighted by atomic mass is 32.3. The van der Waals surface area contributed by atoms with E-state index in [0.29, 0.717) is 54.8 Å². The molecule has 0 unspecified atom stereocenters. The van der Waals surface area contributed by atoms with Gasteiger partial charge in [-0.3, -0.25) is 24.0 Å². The van der Waals surface area contributed by atoms with E-state index < -0.39 is 196 Å². The number of ether oxygens (including phenoxy) is 9. The van der Waals surface area contributed by atoms with Crippen molar-refractivity contribution in [2.45, 2.75) is 144 Å². The monoisotopic (exact) mass is 1410 g/mol. The summed E-state index contributed by atoms with van der Waals surface area (Å²) in [7, 11) is -16.5. The molecular formula is C50H70N8O25S7. The number of fused-ring (bicyclic) bond motifs is 2. The fourth-order valence-electron chi connectivity index (χ4n) is 9.47. The molecule has 5 atom stereocenters. The van der Waals surface area contributed by atoms with Crippen molar-refractivity contribution in [2.24, 2.45) is 10.3 Å². The minimum atomic E-state index is -4.30. The molecule has 1 saturated heterocycles. The lowest BCUT2D eigenvalue weighted by Crippen LogP contribution is -2.52. The zero-order chi connectivity index (χ0) is 66.7. The van der Waals surface area contributed by atoms with Gasteiger partial charge in [0.2, 0.25) is 39.5 Å². The van der Waals surface area contributed by atoms with Crippen LogP contribution in [0.1, 0.15) is 117 Å². The quantitative estimate of drug-likeness (QED) is 0.0598. The smallest absolute Gasteiger partial charge is 0.413 e. The summed E-state index contributed by atoms with van der Waals surface area (Å²) < 4.78 is 156. The van der Waals surface area contributed by atoms with Gasteiger partial charge in [-0.2, -0.15) is 4.37 Å². The lowest BCUT2D eigenvalue weighted by atomic mass is 10.0. The SMILES string of the molecule is CC[C@H]1C[C@H](N(CC)C(=O)OCOC(=O)CCC(=O)OCC(=O)N(C[C@@H](COc2nsnc2N2CCOCC2)OC(=O)COC(=O)CCC(=O)OCOC(=O)N(CC)[C@H]2C[C@H](C)S(=O)(=O)c3sc(S(N)(=O)=O)cc32)C(C)(C)C)c2cc(S(N)(=O)=O)sc2S1(=O)=O. The average molecular weight is 1410 g/mol. The van der Waals surface area contributed by atoms with Crippen molar-refractivity contribution < 1.29 is 115 Å². The second-order valence-electron chi connectivity index (χ2n) is 21.2. The van der Waals surface area contributed by atoms with Gasteiger partial charge in [0.05, 0.1) is 79.8 Å². The molecule has 502 valence electrons. The predicted octanol–water partition coefficient (Wildman–Crippen LogP) is 2.28. The van der Waals surface area contributed by atoms with Crippen molar-refractivity contribution in [3.63, 3.8) is 0 Å². The second-order valence-corrected chi connectivity index (χ2v) is 32.4. The number of sulfone groups is 2. The Morgan fingerprint density at radius 3 is 1.64 bits per heavy atom. The highest BCUT2D eigenvalue weighted by Gasteiger charge is 2.46. The maximum Gasteiger partial charge on any atom is 0.413 e. The topological polar surface area (TPSA) is 447 Å². The maximum atomic E-state index is 13.8. The zero-order valence-corrected chi connectivity index (χ0v) is 55.6. The van der Waals surface area contributed by atoms with E-state index in [4.69, 9.17) is 52.9 Å². The molecule has 6 rings (SSSR count). The van der Waals surface area contributed by atoms with E-state index in [9.17, 15) is 72.0 Å². The Morgan fingerprint density at radius 1 is 0.689 bits per heavy atom. The van der Waals surface area contributed by atoms with Crippen molar-refractivity contribution in [1.29, 1.82) is 0 Å². The van der Waals surface area contributed by atoms with Gasteiger partial charge in [0.15, 0.2) is 39.0 Å². The van der Waals surface area contributed by atoms with Crippen molar-refractivity contribution in [1.82, 2.24) is 23.4 Å². The Labute approximate surface area is 531 Å². The minimum Gasteiger partial charge on any atom is -0.470 e. The molecule has 0 aromatic carbocycles. The number of primary sulfonamides is 2. The maximum absolute atomic E-state index is 13.8. The van der Waals surface area contributed by atoms with Crippen LogP contribution >= 0.6 is 34.4 Å². The minimum absolute atomic E-state index is 0.0276. The molecule has 0 bridgehead atoms. The van der Waals surface area contributed by atoms with Crippen LogP contribution in [-0.4, -0.2) is 207 Å². The third kappa shape index (κ3) is 18.6.